The van der Waals surface area contributed by atoms with Crippen molar-refractivity contribution in [3.05, 3.63) is 34.3 Å². The number of amides is 2. The lowest BCUT2D eigenvalue weighted by Crippen LogP contribution is -2.41. The molecule has 2 rings (SSSR count). The van der Waals surface area contributed by atoms with E-state index in [0.29, 0.717) is 31.5 Å². The van der Waals surface area contributed by atoms with Crippen LogP contribution in [-0.2, 0) is 14.3 Å². The number of hydrogen-bond acceptors (Lipinski definition) is 4. The average molecular weight is 397 g/mol. The number of likely N-dealkylation sites (tertiary alicyclic amines) is 1. The minimum Gasteiger partial charge on any atom is -0.455 e. The Morgan fingerprint density at radius 1 is 1.17 bits per heavy atom. The topological polar surface area (TPSA) is 66.9 Å². The molecule has 130 valence electrons. The summed E-state index contributed by atoms with van der Waals surface area (Å²) < 4.78 is 5.98. The molecule has 0 atom stereocenters. The van der Waals surface area contributed by atoms with Gasteiger partial charge in [0.15, 0.2) is 6.61 Å². The van der Waals surface area contributed by atoms with Crippen LogP contribution in [-0.4, -0.2) is 61.4 Å². The second-order valence-corrected chi connectivity index (χ2v) is 6.88. The molecule has 7 heteroatoms. The van der Waals surface area contributed by atoms with E-state index in [9.17, 15) is 14.4 Å². The highest BCUT2D eigenvalue weighted by molar-refractivity contribution is 9.10. The molecule has 0 unspecified atom stereocenters. The van der Waals surface area contributed by atoms with Crippen molar-refractivity contribution in [1.82, 2.24) is 9.80 Å². The van der Waals surface area contributed by atoms with Crippen molar-refractivity contribution in [3.63, 3.8) is 0 Å². The summed E-state index contributed by atoms with van der Waals surface area (Å²) in [6.45, 7) is 0.788. The van der Waals surface area contributed by atoms with Crippen molar-refractivity contribution < 1.29 is 19.1 Å². The lowest BCUT2D eigenvalue weighted by molar-refractivity contribution is -0.155. The second-order valence-electron chi connectivity index (χ2n) is 5.97. The minimum absolute atomic E-state index is 0.0305. The normalized spacial score (nSPS) is 15.0. The lowest BCUT2D eigenvalue weighted by Gasteiger charge is -2.31. The first-order valence-electron chi connectivity index (χ1n) is 7.80. The Kier molecular flexibility index (Phi) is 6.36. The predicted octanol–water partition coefficient (Wildman–Crippen LogP) is 1.93. The molecular weight excluding hydrogens is 376 g/mol. The number of ether oxygens (including phenoxy) is 1. The summed E-state index contributed by atoms with van der Waals surface area (Å²) in [4.78, 5) is 39.0. The Morgan fingerprint density at radius 2 is 1.75 bits per heavy atom. The summed E-state index contributed by atoms with van der Waals surface area (Å²) in [6.07, 6.45) is 1.11. The second kappa shape index (κ2) is 8.28. The molecule has 1 heterocycles. The van der Waals surface area contributed by atoms with E-state index < -0.39 is 0 Å². The molecule has 0 aliphatic carbocycles. The molecule has 1 saturated heterocycles. The first-order valence-corrected chi connectivity index (χ1v) is 8.59. The number of carbonyl (C=O) groups is 3. The summed E-state index contributed by atoms with van der Waals surface area (Å²) in [6, 6.07) is 7.22. The SMILES string of the molecule is CN(C)C(=O)COC(=O)C1CCN(C(=O)c2ccc(Br)cc2)CC1. The summed E-state index contributed by atoms with van der Waals surface area (Å²) in [5.41, 5.74) is 0.635. The number of piperidine rings is 1. The molecule has 1 fully saturated rings. The van der Waals surface area contributed by atoms with Gasteiger partial charge >= 0.3 is 5.97 Å². The van der Waals surface area contributed by atoms with Crippen LogP contribution in [0.2, 0.25) is 0 Å². The van der Waals surface area contributed by atoms with E-state index in [0.717, 1.165) is 4.47 Å². The number of rotatable bonds is 4. The van der Waals surface area contributed by atoms with E-state index >= 15 is 0 Å². The zero-order valence-electron chi connectivity index (χ0n) is 13.8. The molecule has 2 amide bonds. The molecule has 0 spiro atoms. The van der Waals surface area contributed by atoms with Gasteiger partial charge in [-0.1, -0.05) is 15.9 Å². The van der Waals surface area contributed by atoms with E-state index in [-0.39, 0.29) is 30.3 Å². The molecule has 1 aliphatic heterocycles. The summed E-state index contributed by atoms with van der Waals surface area (Å²) >= 11 is 3.34. The van der Waals surface area contributed by atoms with Crippen molar-refractivity contribution in [2.75, 3.05) is 33.8 Å². The first kappa shape index (κ1) is 18.4. The molecule has 0 N–H and O–H groups in total. The Morgan fingerprint density at radius 3 is 2.29 bits per heavy atom. The fourth-order valence-corrected chi connectivity index (χ4v) is 2.74. The largest absolute Gasteiger partial charge is 0.455 e. The number of nitrogens with zero attached hydrogens (tertiary/aromatic N) is 2. The van der Waals surface area contributed by atoms with Gasteiger partial charge in [-0.25, -0.2) is 0 Å². The van der Waals surface area contributed by atoms with Crippen LogP contribution in [0.15, 0.2) is 28.7 Å². The maximum absolute atomic E-state index is 12.4. The van der Waals surface area contributed by atoms with Gasteiger partial charge in [-0.15, -0.1) is 0 Å². The Hall–Kier alpha value is -1.89. The third kappa shape index (κ3) is 4.80. The van der Waals surface area contributed by atoms with Crippen molar-refractivity contribution in [3.8, 4) is 0 Å². The van der Waals surface area contributed by atoms with Crippen LogP contribution in [0.3, 0.4) is 0 Å². The van der Waals surface area contributed by atoms with Crippen LogP contribution in [0.1, 0.15) is 23.2 Å². The van der Waals surface area contributed by atoms with Crippen LogP contribution >= 0.6 is 15.9 Å². The van der Waals surface area contributed by atoms with Gasteiger partial charge in [0.25, 0.3) is 11.8 Å². The third-order valence-electron chi connectivity index (χ3n) is 4.04. The van der Waals surface area contributed by atoms with E-state index in [4.69, 9.17) is 4.74 Å². The summed E-state index contributed by atoms with van der Waals surface area (Å²) in [5, 5.41) is 0. The standard InChI is InChI=1S/C17H21BrN2O4/c1-19(2)15(21)11-24-17(23)13-7-9-20(10-8-13)16(22)12-3-5-14(18)6-4-12/h3-6,13H,7-11H2,1-2H3. The average Bonchev–Trinajstić information content (AvgIpc) is 2.59. The van der Waals surface area contributed by atoms with Crippen molar-refractivity contribution in [2.45, 2.75) is 12.8 Å². The Balaban J connectivity index is 1.82. The summed E-state index contributed by atoms with van der Waals surface area (Å²) in [7, 11) is 3.23. The molecular formula is C17H21BrN2O4. The molecule has 1 aromatic carbocycles. The fraction of sp³-hybridized carbons (Fsp3) is 0.471. The molecule has 6 nitrogen and oxygen atoms in total. The van der Waals surface area contributed by atoms with Crippen LogP contribution in [0.25, 0.3) is 0 Å². The Bertz CT molecular complexity index is 608. The highest BCUT2D eigenvalue weighted by Crippen LogP contribution is 2.21. The van der Waals surface area contributed by atoms with Gasteiger partial charge < -0.3 is 14.5 Å². The number of hydrogen-bond donors (Lipinski definition) is 0. The van der Waals surface area contributed by atoms with E-state index in [1.165, 1.54) is 4.90 Å². The van der Waals surface area contributed by atoms with Crippen molar-refractivity contribution in [1.29, 1.82) is 0 Å². The highest BCUT2D eigenvalue weighted by Gasteiger charge is 2.29. The highest BCUT2D eigenvalue weighted by atomic mass is 79.9. The molecule has 24 heavy (non-hydrogen) atoms. The van der Waals surface area contributed by atoms with Gasteiger partial charge in [0.2, 0.25) is 0 Å². The number of halogens is 1. The molecule has 0 saturated carbocycles. The van der Waals surface area contributed by atoms with Gasteiger partial charge in [0.1, 0.15) is 0 Å². The van der Waals surface area contributed by atoms with Crippen LogP contribution in [0.5, 0.6) is 0 Å². The van der Waals surface area contributed by atoms with Crippen molar-refractivity contribution in [2.24, 2.45) is 5.92 Å². The number of benzene rings is 1. The quantitative estimate of drug-likeness (QED) is 0.729. The van der Waals surface area contributed by atoms with Gasteiger partial charge in [-0.3, -0.25) is 14.4 Å². The number of esters is 1. The first-order chi connectivity index (χ1) is 11.4. The van der Waals surface area contributed by atoms with Gasteiger partial charge in [0.05, 0.1) is 5.92 Å². The third-order valence-corrected chi connectivity index (χ3v) is 4.57. The van der Waals surface area contributed by atoms with Crippen LogP contribution < -0.4 is 0 Å². The van der Waals surface area contributed by atoms with Crippen LogP contribution in [0, 0.1) is 5.92 Å². The van der Waals surface area contributed by atoms with Crippen LogP contribution in [0.4, 0.5) is 0 Å². The number of carbonyl (C=O) groups excluding carboxylic acids is 3. The predicted molar refractivity (Wildman–Crippen MR) is 92.4 cm³/mol. The molecule has 1 aliphatic rings. The monoisotopic (exact) mass is 396 g/mol. The maximum Gasteiger partial charge on any atom is 0.309 e. The molecule has 1 aromatic rings. The van der Waals surface area contributed by atoms with Gasteiger partial charge in [0, 0.05) is 37.2 Å². The lowest BCUT2D eigenvalue weighted by atomic mass is 9.96. The summed E-state index contributed by atoms with van der Waals surface area (Å²) in [5.74, 6) is -0.891. The number of likely N-dealkylation sites (N-methyl/N-ethyl adjacent to an activating group) is 1. The smallest absolute Gasteiger partial charge is 0.309 e. The van der Waals surface area contributed by atoms with Gasteiger partial charge in [-0.2, -0.15) is 0 Å². The van der Waals surface area contributed by atoms with E-state index in [1.54, 1.807) is 31.1 Å². The molecule has 0 bridgehead atoms. The minimum atomic E-state index is -0.360. The zero-order chi connectivity index (χ0) is 17.7. The fourth-order valence-electron chi connectivity index (χ4n) is 2.47. The van der Waals surface area contributed by atoms with E-state index in [1.807, 2.05) is 12.1 Å². The van der Waals surface area contributed by atoms with E-state index in [2.05, 4.69) is 15.9 Å². The molecule has 0 radical (unpaired) electrons. The van der Waals surface area contributed by atoms with Crippen molar-refractivity contribution >= 4 is 33.7 Å². The van der Waals surface area contributed by atoms with Gasteiger partial charge in [-0.05, 0) is 37.1 Å². The Labute approximate surface area is 149 Å². The molecule has 0 aromatic heterocycles. The maximum atomic E-state index is 12.4. The zero-order valence-corrected chi connectivity index (χ0v) is 15.4.